The van der Waals surface area contributed by atoms with Gasteiger partial charge in [-0.2, -0.15) is 0 Å². The zero-order valence-electron chi connectivity index (χ0n) is 22.6. The highest BCUT2D eigenvalue weighted by Crippen LogP contribution is 2.60. The lowest BCUT2D eigenvalue weighted by molar-refractivity contribution is -0.147. The van der Waals surface area contributed by atoms with Gasteiger partial charge in [0.05, 0.1) is 21.8 Å². The standard InChI is InChI=1S/C30H33N3O6S/c1-19-27(28(35)33(32(19)2)24-8-4-3-5-9-24)31-40(37,38)25-10-6-7-23(14-25)29(36)39-18-26(34)30-15-20-11-21(16-30)13-22(12-20)17-30/h3-10,14,20-22,31H,11-13,15-18H2,1-2H3. The molecule has 4 aliphatic carbocycles. The molecule has 0 unspecified atom stereocenters. The molecular weight excluding hydrogens is 530 g/mol. The fourth-order valence-corrected chi connectivity index (χ4v) is 8.65. The van der Waals surface area contributed by atoms with E-state index in [0.29, 0.717) is 29.1 Å². The molecule has 4 saturated carbocycles. The summed E-state index contributed by atoms with van der Waals surface area (Å²) in [6, 6.07) is 14.3. The molecule has 0 aliphatic heterocycles. The molecule has 1 N–H and O–H groups in total. The summed E-state index contributed by atoms with van der Waals surface area (Å²) in [7, 11) is -2.54. The first kappa shape index (κ1) is 26.6. The second-order valence-electron chi connectivity index (χ2n) is 11.8. The Balaban J connectivity index is 1.17. The van der Waals surface area contributed by atoms with Crippen LogP contribution in [0, 0.1) is 30.1 Å². The number of nitrogens with zero attached hydrogens (tertiary/aromatic N) is 2. The van der Waals surface area contributed by atoms with E-state index in [9.17, 15) is 22.8 Å². The molecule has 4 bridgehead atoms. The molecule has 1 aromatic heterocycles. The molecule has 0 saturated heterocycles. The number of hydrogen-bond acceptors (Lipinski definition) is 6. The largest absolute Gasteiger partial charge is 0.454 e. The van der Waals surface area contributed by atoms with Crippen LogP contribution in [0.2, 0.25) is 0 Å². The van der Waals surface area contributed by atoms with E-state index in [1.54, 1.807) is 42.9 Å². The van der Waals surface area contributed by atoms with Crippen LogP contribution in [-0.4, -0.2) is 36.1 Å². The number of anilines is 1. The number of hydrogen-bond donors (Lipinski definition) is 1. The van der Waals surface area contributed by atoms with Crippen molar-refractivity contribution < 1.29 is 22.7 Å². The highest BCUT2D eigenvalue weighted by molar-refractivity contribution is 7.92. The summed E-state index contributed by atoms with van der Waals surface area (Å²) < 4.78 is 37.3. The summed E-state index contributed by atoms with van der Waals surface area (Å²) in [6.45, 7) is 1.34. The first-order valence-corrected chi connectivity index (χ1v) is 15.2. The molecule has 40 heavy (non-hydrogen) atoms. The predicted molar refractivity (Wildman–Crippen MR) is 149 cm³/mol. The Morgan fingerprint density at radius 3 is 2.23 bits per heavy atom. The molecule has 9 nitrogen and oxygen atoms in total. The van der Waals surface area contributed by atoms with Crippen LogP contribution in [0.15, 0.2) is 64.3 Å². The molecule has 4 fully saturated rings. The number of ketones is 1. The number of benzene rings is 2. The molecule has 0 atom stereocenters. The van der Waals surface area contributed by atoms with Gasteiger partial charge in [0.25, 0.3) is 15.6 Å². The average Bonchev–Trinajstić information content (AvgIpc) is 3.13. The number of para-hydroxylation sites is 1. The van der Waals surface area contributed by atoms with E-state index in [1.807, 2.05) is 6.07 Å². The minimum absolute atomic E-state index is 0.0142. The van der Waals surface area contributed by atoms with Crippen LogP contribution < -0.4 is 10.3 Å². The monoisotopic (exact) mass is 563 g/mol. The van der Waals surface area contributed by atoms with Crippen molar-refractivity contribution in [2.45, 2.75) is 50.3 Å². The summed E-state index contributed by atoms with van der Waals surface area (Å²) in [4.78, 5) is 39.1. The third kappa shape index (κ3) is 4.58. The van der Waals surface area contributed by atoms with Crippen molar-refractivity contribution in [2.24, 2.45) is 30.2 Å². The average molecular weight is 564 g/mol. The van der Waals surface area contributed by atoms with Crippen LogP contribution in [0.3, 0.4) is 0 Å². The van der Waals surface area contributed by atoms with Crippen LogP contribution >= 0.6 is 0 Å². The second-order valence-corrected chi connectivity index (χ2v) is 13.4. The van der Waals surface area contributed by atoms with Crippen molar-refractivity contribution in [3.8, 4) is 5.69 Å². The third-order valence-corrected chi connectivity index (χ3v) is 10.5. The van der Waals surface area contributed by atoms with Crippen LogP contribution in [0.25, 0.3) is 5.69 Å². The molecule has 0 spiro atoms. The zero-order chi connectivity index (χ0) is 28.2. The Bertz CT molecular complexity index is 1620. The molecule has 7 rings (SSSR count). The first-order chi connectivity index (χ1) is 19.1. The van der Waals surface area contributed by atoms with E-state index in [2.05, 4.69) is 4.72 Å². The number of aromatic nitrogens is 2. The third-order valence-electron chi connectivity index (χ3n) is 9.13. The minimum Gasteiger partial charge on any atom is -0.454 e. The molecule has 1 heterocycles. The molecule has 3 aromatic rings. The Hall–Kier alpha value is -3.66. The quantitative estimate of drug-likeness (QED) is 0.410. The highest BCUT2D eigenvalue weighted by atomic mass is 32.2. The highest BCUT2D eigenvalue weighted by Gasteiger charge is 2.54. The smallest absolute Gasteiger partial charge is 0.338 e. The van der Waals surface area contributed by atoms with E-state index < -0.39 is 21.6 Å². The van der Waals surface area contributed by atoms with E-state index in [1.165, 1.54) is 48.2 Å². The second kappa shape index (κ2) is 9.76. The lowest BCUT2D eigenvalue weighted by Gasteiger charge is -2.55. The van der Waals surface area contributed by atoms with Crippen molar-refractivity contribution in [3.05, 3.63) is 76.2 Å². The molecule has 4 aliphatic rings. The van der Waals surface area contributed by atoms with Gasteiger partial charge < -0.3 is 4.74 Å². The maximum Gasteiger partial charge on any atom is 0.338 e. The maximum absolute atomic E-state index is 13.3. The molecule has 0 amide bonds. The number of carbonyl (C=O) groups is 2. The Kier molecular flexibility index (Phi) is 6.48. The van der Waals surface area contributed by atoms with Gasteiger partial charge in [0.2, 0.25) is 0 Å². The lowest BCUT2D eigenvalue weighted by Crippen LogP contribution is -2.51. The Morgan fingerprint density at radius 2 is 1.60 bits per heavy atom. The van der Waals surface area contributed by atoms with Crippen molar-refractivity contribution in [1.82, 2.24) is 9.36 Å². The number of Topliss-reactive ketones (excluding diaryl/α,β-unsaturated/α-hetero) is 1. The molecule has 2 aromatic carbocycles. The summed E-state index contributed by atoms with van der Waals surface area (Å²) in [6.07, 6.45) is 6.30. The van der Waals surface area contributed by atoms with Crippen LogP contribution in [0.4, 0.5) is 5.69 Å². The van der Waals surface area contributed by atoms with E-state index in [4.69, 9.17) is 4.74 Å². The topological polar surface area (TPSA) is 116 Å². The van der Waals surface area contributed by atoms with Crippen LogP contribution in [0.5, 0.6) is 0 Å². The van der Waals surface area contributed by atoms with Gasteiger partial charge >= 0.3 is 5.97 Å². The number of nitrogens with one attached hydrogen (secondary N) is 1. The fraction of sp³-hybridized carbons (Fsp3) is 0.433. The molecule has 0 radical (unpaired) electrons. The van der Waals surface area contributed by atoms with E-state index >= 15 is 0 Å². The Morgan fingerprint density at radius 1 is 0.975 bits per heavy atom. The van der Waals surface area contributed by atoms with Gasteiger partial charge in [-0.05, 0) is 93.5 Å². The maximum atomic E-state index is 13.3. The molecule has 210 valence electrons. The number of esters is 1. The first-order valence-electron chi connectivity index (χ1n) is 13.7. The minimum atomic E-state index is -4.21. The van der Waals surface area contributed by atoms with Gasteiger partial charge in [0.15, 0.2) is 12.4 Å². The number of rotatable bonds is 8. The van der Waals surface area contributed by atoms with Crippen molar-refractivity contribution in [3.63, 3.8) is 0 Å². The van der Waals surface area contributed by atoms with Crippen molar-refractivity contribution >= 4 is 27.5 Å². The van der Waals surface area contributed by atoms with Crippen molar-refractivity contribution in [2.75, 3.05) is 11.3 Å². The molecule has 10 heteroatoms. The van der Waals surface area contributed by atoms with Gasteiger partial charge in [-0.1, -0.05) is 24.3 Å². The van der Waals surface area contributed by atoms with Gasteiger partial charge in [0.1, 0.15) is 5.69 Å². The summed E-state index contributed by atoms with van der Waals surface area (Å²) in [5.41, 5.74) is 0.0684. The fourth-order valence-electron chi connectivity index (χ4n) is 7.49. The van der Waals surface area contributed by atoms with E-state index in [-0.39, 0.29) is 34.0 Å². The van der Waals surface area contributed by atoms with Crippen LogP contribution in [-0.2, 0) is 26.6 Å². The van der Waals surface area contributed by atoms with Crippen LogP contribution in [0.1, 0.15) is 54.6 Å². The SMILES string of the molecule is Cc1c(NS(=O)(=O)c2cccc(C(=O)OCC(=O)C34CC5CC(CC(C5)C3)C4)c2)c(=O)n(-c2ccccc2)n1C. The summed E-state index contributed by atoms with van der Waals surface area (Å²) in [5.74, 6) is 1.04. The molecular formula is C30H33N3O6S. The zero-order valence-corrected chi connectivity index (χ0v) is 23.4. The Labute approximate surface area is 233 Å². The van der Waals surface area contributed by atoms with Gasteiger partial charge in [0, 0.05) is 12.5 Å². The normalized spacial score (nSPS) is 25.1. The number of sulfonamides is 1. The predicted octanol–water partition coefficient (Wildman–Crippen LogP) is 4.23. The van der Waals surface area contributed by atoms with E-state index in [0.717, 1.165) is 19.3 Å². The van der Waals surface area contributed by atoms with Gasteiger partial charge in [-0.3, -0.25) is 19.0 Å². The van der Waals surface area contributed by atoms with Gasteiger partial charge in [-0.15, -0.1) is 0 Å². The summed E-state index contributed by atoms with van der Waals surface area (Å²) >= 11 is 0. The number of carbonyl (C=O) groups excluding carboxylic acids is 2. The summed E-state index contributed by atoms with van der Waals surface area (Å²) in [5, 5.41) is 0. The van der Waals surface area contributed by atoms with Gasteiger partial charge in [-0.25, -0.2) is 17.9 Å². The lowest BCUT2D eigenvalue weighted by atomic mass is 9.48. The number of ether oxygens (including phenoxy) is 1. The van der Waals surface area contributed by atoms with Crippen molar-refractivity contribution in [1.29, 1.82) is 0 Å².